The maximum atomic E-state index is 6.12. The topological polar surface area (TPSA) is 33.6 Å². The summed E-state index contributed by atoms with van der Waals surface area (Å²) in [5.41, 5.74) is 3.89. The van der Waals surface area contributed by atoms with Gasteiger partial charge in [0.1, 0.15) is 5.75 Å². The fourth-order valence-corrected chi connectivity index (χ4v) is 2.63. The third-order valence-electron chi connectivity index (χ3n) is 2.61. The highest BCUT2D eigenvalue weighted by Gasteiger charge is 2.08. The van der Waals surface area contributed by atoms with Gasteiger partial charge in [-0.15, -0.1) is 0 Å². The maximum Gasteiger partial charge on any atom is 0.130 e. The number of hydrogen-bond acceptors (Lipinski definition) is 3. The zero-order valence-corrected chi connectivity index (χ0v) is 13.9. The van der Waals surface area contributed by atoms with Crippen molar-refractivity contribution in [2.24, 2.45) is 5.10 Å². The van der Waals surface area contributed by atoms with Crippen molar-refractivity contribution in [1.29, 1.82) is 0 Å². The van der Waals surface area contributed by atoms with Gasteiger partial charge in [0.05, 0.1) is 39.6 Å². The van der Waals surface area contributed by atoms with E-state index in [0.29, 0.717) is 37.1 Å². The Labute approximate surface area is 142 Å². The third-order valence-corrected chi connectivity index (χ3v) is 3.77. The van der Waals surface area contributed by atoms with Gasteiger partial charge in [0.2, 0.25) is 0 Å². The standard InChI is InChI=1S/C14H10Cl4N2O/c1-21-13-6-8(15)5-12(18)9(13)7-19-20-14-10(16)3-2-4-11(14)17/h2-7,20H,1H3. The van der Waals surface area contributed by atoms with Crippen molar-refractivity contribution in [1.82, 2.24) is 0 Å². The minimum Gasteiger partial charge on any atom is -0.496 e. The number of hydrogen-bond donors (Lipinski definition) is 1. The lowest BCUT2D eigenvalue weighted by molar-refractivity contribution is 0.414. The molecule has 2 rings (SSSR count). The van der Waals surface area contributed by atoms with Crippen molar-refractivity contribution in [2.45, 2.75) is 0 Å². The predicted molar refractivity (Wildman–Crippen MR) is 90.7 cm³/mol. The highest BCUT2D eigenvalue weighted by atomic mass is 35.5. The van der Waals surface area contributed by atoms with E-state index in [9.17, 15) is 0 Å². The van der Waals surface area contributed by atoms with Crippen LogP contribution in [0.25, 0.3) is 0 Å². The lowest BCUT2D eigenvalue weighted by Gasteiger charge is -2.08. The monoisotopic (exact) mass is 362 g/mol. The predicted octanol–water partition coefficient (Wildman–Crippen LogP) is 5.75. The highest BCUT2D eigenvalue weighted by Crippen LogP contribution is 2.31. The molecule has 0 amide bonds. The molecule has 7 heteroatoms. The summed E-state index contributed by atoms with van der Waals surface area (Å²) in [6.07, 6.45) is 1.51. The number of hydrazone groups is 1. The second kappa shape index (κ2) is 7.23. The average Bonchev–Trinajstić information content (AvgIpc) is 2.43. The molecule has 3 nitrogen and oxygen atoms in total. The Kier molecular flexibility index (Phi) is 5.59. The molecular weight excluding hydrogens is 354 g/mol. The first-order chi connectivity index (χ1) is 10.0. The number of anilines is 1. The van der Waals surface area contributed by atoms with E-state index < -0.39 is 0 Å². The molecule has 0 saturated carbocycles. The zero-order chi connectivity index (χ0) is 15.4. The summed E-state index contributed by atoms with van der Waals surface area (Å²) in [5, 5.41) is 5.92. The molecule has 0 aliphatic carbocycles. The molecule has 0 aliphatic rings. The summed E-state index contributed by atoms with van der Waals surface area (Å²) < 4.78 is 5.22. The van der Waals surface area contributed by atoms with E-state index in [0.717, 1.165) is 0 Å². The van der Waals surface area contributed by atoms with Gasteiger partial charge in [-0.3, -0.25) is 5.43 Å². The smallest absolute Gasteiger partial charge is 0.130 e. The average molecular weight is 364 g/mol. The van der Waals surface area contributed by atoms with Crippen molar-refractivity contribution in [3.05, 3.63) is 56.0 Å². The van der Waals surface area contributed by atoms with Crippen LogP contribution in [0, 0.1) is 0 Å². The third kappa shape index (κ3) is 3.95. The first kappa shape index (κ1) is 16.2. The van der Waals surface area contributed by atoms with Crippen LogP contribution in [0.4, 0.5) is 5.69 Å². The zero-order valence-electron chi connectivity index (χ0n) is 10.8. The lowest BCUT2D eigenvalue weighted by atomic mass is 10.2. The molecule has 110 valence electrons. The van der Waals surface area contributed by atoms with E-state index in [1.54, 1.807) is 30.3 Å². The summed E-state index contributed by atoms with van der Waals surface area (Å²) in [5.74, 6) is 0.517. The van der Waals surface area contributed by atoms with Gasteiger partial charge in [-0.1, -0.05) is 52.5 Å². The fraction of sp³-hybridized carbons (Fsp3) is 0.0714. The number of rotatable bonds is 4. The van der Waals surface area contributed by atoms with Crippen LogP contribution in [0.1, 0.15) is 5.56 Å². The molecule has 0 atom stereocenters. The van der Waals surface area contributed by atoms with Gasteiger partial charge in [0, 0.05) is 5.02 Å². The quantitative estimate of drug-likeness (QED) is 0.553. The Bertz CT molecular complexity index is 669. The van der Waals surface area contributed by atoms with Crippen LogP contribution in [0.2, 0.25) is 20.1 Å². The molecule has 21 heavy (non-hydrogen) atoms. The number of ether oxygens (including phenoxy) is 1. The SMILES string of the molecule is COc1cc(Cl)cc(Cl)c1C=NNc1c(Cl)cccc1Cl. The molecule has 2 aromatic carbocycles. The van der Waals surface area contributed by atoms with Crippen LogP contribution in [0.15, 0.2) is 35.4 Å². The molecule has 0 aliphatic heterocycles. The minimum atomic E-state index is 0.426. The van der Waals surface area contributed by atoms with Crippen molar-refractivity contribution < 1.29 is 4.74 Å². The largest absolute Gasteiger partial charge is 0.496 e. The Morgan fingerprint density at radius 3 is 2.33 bits per heavy atom. The van der Waals surface area contributed by atoms with Crippen molar-refractivity contribution in [3.8, 4) is 5.75 Å². The van der Waals surface area contributed by atoms with Crippen LogP contribution in [0.5, 0.6) is 5.75 Å². The molecule has 2 aromatic rings. The molecule has 1 N–H and O–H groups in total. The molecule has 0 fully saturated rings. The van der Waals surface area contributed by atoms with E-state index >= 15 is 0 Å². The second-order valence-corrected chi connectivity index (χ2v) is 5.63. The van der Waals surface area contributed by atoms with Crippen molar-refractivity contribution >= 4 is 58.3 Å². The summed E-state index contributed by atoms with van der Waals surface area (Å²) in [7, 11) is 1.53. The Hall–Kier alpha value is -1.13. The number of nitrogens with one attached hydrogen (secondary N) is 1. The fourth-order valence-electron chi connectivity index (χ4n) is 1.62. The first-order valence-electron chi connectivity index (χ1n) is 5.79. The molecule has 0 radical (unpaired) electrons. The molecule has 0 bridgehead atoms. The number of para-hydroxylation sites is 1. The number of methoxy groups -OCH3 is 1. The van der Waals surface area contributed by atoms with E-state index in [1.165, 1.54) is 13.3 Å². The van der Waals surface area contributed by atoms with Gasteiger partial charge in [0.25, 0.3) is 0 Å². The summed E-state index contributed by atoms with van der Waals surface area (Å²) >= 11 is 24.1. The molecular formula is C14H10Cl4N2O. The second-order valence-electron chi connectivity index (χ2n) is 3.97. The number of nitrogens with zero attached hydrogens (tertiary/aromatic N) is 1. The van der Waals surface area contributed by atoms with E-state index in [1.807, 2.05) is 0 Å². The molecule has 0 heterocycles. The first-order valence-corrected chi connectivity index (χ1v) is 7.30. The lowest BCUT2D eigenvalue weighted by Crippen LogP contribution is -1.96. The van der Waals surface area contributed by atoms with Crippen LogP contribution >= 0.6 is 46.4 Å². The van der Waals surface area contributed by atoms with Gasteiger partial charge in [-0.25, -0.2) is 0 Å². The van der Waals surface area contributed by atoms with Crippen molar-refractivity contribution in [3.63, 3.8) is 0 Å². The summed E-state index contributed by atoms with van der Waals surface area (Å²) in [6, 6.07) is 8.42. The van der Waals surface area contributed by atoms with Crippen LogP contribution in [-0.4, -0.2) is 13.3 Å². The highest BCUT2D eigenvalue weighted by molar-refractivity contribution is 6.39. The molecule has 0 unspecified atom stereocenters. The summed E-state index contributed by atoms with van der Waals surface area (Å²) in [6.45, 7) is 0. The summed E-state index contributed by atoms with van der Waals surface area (Å²) in [4.78, 5) is 0. The Morgan fingerprint density at radius 2 is 1.71 bits per heavy atom. The van der Waals surface area contributed by atoms with Gasteiger partial charge in [-0.2, -0.15) is 5.10 Å². The number of benzene rings is 2. The Morgan fingerprint density at radius 1 is 1.05 bits per heavy atom. The Balaban J connectivity index is 2.26. The molecule has 0 spiro atoms. The van der Waals surface area contributed by atoms with E-state index in [2.05, 4.69) is 10.5 Å². The maximum absolute atomic E-state index is 6.12. The minimum absolute atomic E-state index is 0.426. The van der Waals surface area contributed by atoms with Crippen LogP contribution in [0.3, 0.4) is 0 Å². The van der Waals surface area contributed by atoms with Crippen LogP contribution < -0.4 is 10.2 Å². The van der Waals surface area contributed by atoms with E-state index in [-0.39, 0.29) is 0 Å². The van der Waals surface area contributed by atoms with Gasteiger partial charge < -0.3 is 4.74 Å². The van der Waals surface area contributed by atoms with Gasteiger partial charge in [-0.05, 0) is 24.3 Å². The van der Waals surface area contributed by atoms with E-state index in [4.69, 9.17) is 51.1 Å². The molecule has 0 saturated heterocycles. The van der Waals surface area contributed by atoms with Gasteiger partial charge in [0.15, 0.2) is 0 Å². The molecule has 0 aromatic heterocycles. The van der Waals surface area contributed by atoms with Crippen LogP contribution in [-0.2, 0) is 0 Å². The van der Waals surface area contributed by atoms with Crippen molar-refractivity contribution in [2.75, 3.05) is 12.5 Å². The number of halogens is 4. The normalized spacial score (nSPS) is 10.9. The van der Waals surface area contributed by atoms with Gasteiger partial charge >= 0.3 is 0 Å².